The lowest BCUT2D eigenvalue weighted by atomic mass is 10.0. The van der Waals surface area contributed by atoms with Crippen molar-refractivity contribution in [3.8, 4) is 0 Å². The van der Waals surface area contributed by atoms with Gasteiger partial charge in [0, 0.05) is 10.9 Å². The number of alkyl halides is 2. The molecule has 2 rings (SSSR count). The molecule has 1 saturated heterocycles. The van der Waals surface area contributed by atoms with Gasteiger partial charge in [0.15, 0.2) is 0 Å². The fourth-order valence-corrected chi connectivity index (χ4v) is 3.00. The summed E-state index contributed by atoms with van der Waals surface area (Å²) in [5.41, 5.74) is 0.994. The molecule has 1 heterocycles. The van der Waals surface area contributed by atoms with Crippen molar-refractivity contribution in [3.05, 3.63) is 35.9 Å². The maximum atomic E-state index is 6.40. The molecule has 0 bridgehead atoms. The first-order valence-corrected chi connectivity index (χ1v) is 6.89. The van der Waals surface area contributed by atoms with Crippen molar-refractivity contribution in [2.75, 3.05) is 18.5 Å². The van der Waals surface area contributed by atoms with E-state index >= 15 is 0 Å². The van der Waals surface area contributed by atoms with Gasteiger partial charge in [0.05, 0.1) is 18.6 Å². The molecule has 1 aromatic rings. The second-order valence-electron chi connectivity index (χ2n) is 3.68. The van der Waals surface area contributed by atoms with Crippen LogP contribution in [0.15, 0.2) is 30.3 Å². The minimum absolute atomic E-state index is 0.184. The van der Waals surface area contributed by atoms with Gasteiger partial charge in [0.25, 0.3) is 0 Å². The van der Waals surface area contributed by atoms with Gasteiger partial charge in [0.2, 0.25) is 5.79 Å². The number of halogens is 2. The molecule has 4 heteroatoms. The Bertz CT molecular complexity index is 325. The van der Waals surface area contributed by atoms with Crippen LogP contribution < -0.4 is 0 Å². The monoisotopic (exact) mass is 304 g/mol. The van der Waals surface area contributed by atoms with Gasteiger partial charge in [-0.15, -0.1) is 11.6 Å². The molecule has 0 aromatic heterocycles. The van der Waals surface area contributed by atoms with E-state index in [0.717, 1.165) is 17.3 Å². The minimum atomic E-state index is -0.767. The zero-order chi connectivity index (χ0) is 11.4. The molecule has 1 fully saturated rings. The summed E-state index contributed by atoms with van der Waals surface area (Å²) in [4.78, 5) is 0. The molecular formula is C12H14BrClO2. The van der Waals surface area contributed by atoms with Gasteiger partial charge >= 0.3 is 0 Å². The molecule has 88 valence electrons. The van der Waals surface area contributed by atoms with Crippen molar-refractivity contribution < 1.29 is 9.47 Å². The van der Waals surface area contributed by atoms with Crippen molar-refractivity contribution in [3.63, 3.8) is 0 Å². The molecule has 0 N–H and O–H groups in total. The third-order valence-electron chi connectivity index (χ3n) is 2.67. The Kier molecular flexibility index (Phi) is 4.25. The Morgan fingerprint density at radius 1 is 1.25 bits per heavy atom. The highest BCUT2D eigenvalue weighted by Crippen LogP contribution is 2.39. The van der Waals surface area contributed by atoms with Gasteiger partial charge in [0.1, 0.15) is 0 Å². The molecule has 1 aliphatic rings. The second kappa shape index (κ2) is 5.50. The van der Waals surface area contributed by atoms with E-state index in [9.17, 15) is 0 Å². The van der Waals surface area contributed by atoms with Crippen LogP contribution in [0.3, 0.4) is 0 Å². The van der Waals surface area contributed by atoms with Gasteiger partial charge in [-0.05, 0) is 6.42 Å². The SMILES string of the molecule is ClC(CCBr)C1(c2ccccc2)OCCO1. The number of ether oxygens (including phenoxy) is 2. The number of hydrogen-bond donors (Lipinski definition) is 0. The average Bonchev–Trinajstić information content (AvgIpc) is 2.81. The van der Waals surface area contributed by atoms with E-state index < -0.39 is 5.79 Å². The fourth-order valence-electron chi connectivity index (χ4n) is 1.91. The van der Waals surface area contributed by atoms with E-state index in [0.29, 0.717) is 13.2 Å². The van der Waals surface area contributed by atoms with Crippen molar-refractivity contribution in [2.45, 2.75) is 17.6 Å². The maximum absolute atomic E-state index is 6.40. The number of benzene rings is 1. The molecule has 1 aromatic carbocycles. The molecule has 0 radical (unpaired) electrons. The lowest BCUT2D eigenvalue weighted by Gasteiger charge is -2.32. The highest BCUT2D eigenvalue weighted by Gasteiger charge is 2.44. The van der Waals surface area contributed by atoms with E-state index in [1.165, 1.54) is 0 Å². The van der Waals surface area contributed by atoms with Crippen LogP contribution in [0.5, 0.6) is 0 Å². The standard InChI is InChI=1S/C12H14BrClO2/c13-7-6-11(14)12(15-8-9-16-12)10-4-2-1-3-5-10/h1-5,11H,6-9H2. The lowest BCUT2D eigenvalue weighted by molar-refractivity contribution is -0.167. The topological polar surface area (TPSA) is 18.5 Å². The van der Waals surface area contributed by atoms with Crippen LogP contribution in [0.4, 0.5) is 0 Å². The van der Waals surface area contributed by atoms with Gasteiger partial charge in [-0.1, -0.05) is 46.3 Å². The molecule has 16 heavy (non-hydrogen) atoms. The normalized spacial score (nSPS) is 20.9. The zero-order valence-corrected chi connectivity index (χ0v) is 11.2. The summed E-state index contributed by atoms with van der Waals surface area (Å²) in [7, 11) is 0. The summed E-state index contributed by atoms with van der Waals surface area (Å²) in [6, 6.07) is 9.91. The van der Waals surface area contributed by atoms with Crippen molar-refractivity contribution in [2.24, 2.45) is 0 Å². The van der Waals surface area contributed by atoms with Gasteiger partial charge in [-0.3, -0.25) is 0 Å². The largest absolute Gasteiger partial charge is 0.342 e. The minimum Gasteiger partial charge on any atom is -0.342 e. The molecular weight excluding hydrogens is 291 g/mol. The van der Waals surface area contributed by atoms with E-state index in [-0.39, 0.29) is 5.38 Å². The molecule has 0 saturated carbocycles. The van der Waals surface area contributed by atoms with Crippen molar-refractivity contribution >= 4 is 27.5 Å². The first-order valence-electron chi connectivity index (χ1n) is 5.33. The van der Waals surface area contributed by atoms with Gasteiger partial charge < -0.3 is 9.47 Å². The molecule has 1 aliphatic heterocycles. The van der Waals surface area contributed by atoms with Gasteiger partial charge in [-0.2, -0.15) is 0 Å². The quantitative estimate of drug-likeness (QED) is 0.795. The molecule has 1 unspecified atom stereocenters. The van der Waals surface area contributed by atoms with Crippen LogP contribution in [0.1, 0.15) is 12.0 Å². The predicted octanol–water partition coefficient (Wildman–Crippen LogP) is 3.28. The predicted molar refractivity (Wildman–Crippen MR) is 68.1 cm³/mol. The Hall–Kier alpha value is -0.0900. The molecule has 0 amide bonds. The van der Waals surface area contributed by atoms with Crippen molar-refractivity contribution in [1.82, 2.24) is 0 Å². The Balaban J connectivity index is 2.28. The smallest absolute Gasteiger partial charge is 0.211 e. The van der Waals surface area contributed by atoms with E-state index in [4.69, 9.17) is 21.1 Å². The first-order chi connectivity index (χ1) is 7.79. The summed E-state index contributed by atoms with van der Waals surface area (Å²) >= 11 is 9.80. The Morgan fingerprint density at radius 2 is 1.88 bits per heavy atom. The molecule has 0 spiro atoms. The van der Waals surface area contributed by atoms with E-state index in [2.05, 4.69) is 15.9 Å². The molecule has 1 atom stereocenters. The first kappa shape index (κ1) is 12.4. The highest BCUT2D eigenvalue weighted by molar-refractivity contribution is 9.09. The molecule has 0 aliphatic carbocycles. The summed E-state index contributed by atoms with van der Waals surface area (Å²) in [6.45, 7) is 1.20. The number of hydrogen-bond acceptors (Lipinski definition) is 2. The summed E-state index contributed by atoms with van der Waals surface area (Å²) < 4.78 is 11.5. The van der Waals surface area contributed by atoms with Crippen LogP contribution in [-0.2, 0) is 15.3 Å². The summed E-state index contributed by atoms with van der Waals surface area (Å²) in [5, 5.41) is 0.652. The van der Waals surface area contributed by atoms with E-state index in [1.807, 2.05) is 30.3 Å². The van der Waals surface area contributed by atoms with Crippen LogP contribution >= 0.6 is 27.5 Å². The highest BCUT2D eigenvalue weighted by atomic mass is 79.9. The second-order valence-corrected chi connectivity index (χ2v) is 5.00. The van der Waals surface area contributed by atoms with Gasteiger partial charge in [-0.25, -0.2) is 0 Å². The summed E-state index contributed by atoms with van der Waals surface area (Å²) in [5.74, 6) is -0.767. The third-order valence-corrected chi connectivity index (χ3v) is 3.63. The Morgan fingerprint density at radius 3 is 2.44 bits per heavy atom. The average molecular weight is 306 g/mol. The zero-order valence-electron chi connectivity index (χ0n) is 8.86. The molecule has 2 nitrogen and oxygen atoms in total. The van der Waals surface area contributed by atoms with E-state index in [1.54, 1.807) is 0 Å². The fraction of sp³-hybridized carbons (Fsp3) is 0.500. The number of rotatable bonds is 4. The lowest BCUT2D eigenvalue weighted by Crippen LogP contribution is -2.37. The maximum Gasteiger partial charge on any atom is 0.211 e. The van der Waals surface area contributed by atoms with Crippen molar-refractivity contribution in [1.29, 1.82) is 0 Å². The van der Waals surface area contributed by atoms with Crippen LogP contribution in [0, 0.1) is 0 Å². The van der Waals surface area contributed by atoms with Crippen LogP contribution in [0.25, 0.3) is 0 Å². The van der Waals surface area contributed by atoms with Crippen LogP contribution in [-0.4, -0.2) is 23.9 Å². The van der Waals surface area contributed by atoms with Crippen LogP contribution in [0.2, 0.25) is 0 Å². The summed E-state index contributed by atoms with van der Waals surface area (Å²) in [6.07, 6.45) is 0.802. The Labute approximate surface area is 109 Å². The third kappa shape index (κ3) is 2.28.